The maximum Gasteiger partial charge on any atom is 0.326 e. The van der Waals surface area contributed by atoms with E-state index in [4.69, 9.17) is 10.2 Å². The van der Waals surface area contributed by atoms with E-state index in [0.717, 1.165) is 0 Å². The van der Waals surface area contributed by atoms with Gasteiger partial charge >= 0.3 is 11.9 Å². The van der Waals surface area contributed by atoms with E-state index < -0.39 is 35.7 Å². The van der Waals surface area contributed by atoms with Crippen LogP contribution in [0.15, 0.2) is 0 Å². The van der Waals surface area contributed by atoms with Gasteiger partial charge in [0, 0.05) is 5.41 Å². The Kier molecular flexibility index (Phi) is 4.94. The second-order valence-corrected chi connectivity index (χ2v) is 4.20. The molecule has 1 unspecified atom stereocenters. The quantitative estimate of drug-likeness (QED) is 0.616. The van der Waals surface area contributed by atoms with Crippen molar-refractivity contribution >= 4 is 17.8 Å². The van der Waals surface area contributed by atoms with Crippen LogP contribution >= 0.6 is 0 Å². The molecule has 0 heterocycles. The zero-order chi connectivity index (χ0) is 12.9. The molecular formula is C10H17NO5. The molecule has 0 aliphatic rings. The number of nitrogens with one attached hydrogen (secondary N) is 1. The standard InChI is InChI=1S/C10H17NO5/c1-4-10(2,3)9(16)11-6(8(14)15)5-7(12)13/h6H,4-5H2,1-3H3,(H,11,16)(H,12,13)(H,14,15). The Morgan fingerprint density at radius 1 is 1.25 bits per heavy atom. The van der Waals surface area contributed by atoms with Crippen molar-refractivity contribution in [1.29, 1.82) is 0 Å². The molecule has 6 heteroatoms. The van der Waals surface area contributed by atoms with E-state index in [1.807, 2.05) is 0 Å². The first-order valence-electron chi connectivity index (χ1n) is 4.96. The van der Waals surface area contributed by atoms with Gasteiger partial charge in [0.05, 0.1) is 6.42 Å². The van der Waals surface area contributed by atoms with Crippen LogP contribution in [0.1, 0.15) is 33.6 Å². The third kappa shape index (κ3) is 4.29. The highest BCUT2D eigenvalue weighted by Crippen LogP contribution is 2.19. The van der Waals surface area contributed by atoms with Crippen molar-refractivity contribution in [3.05, 3.63) is 0 Å². The number of amides is 1. The molecule has 1 atom stereocenters. The normalized spacial score (nSPS) is 12.9. The Hall–Kier alpha value is -1.59. The van der Waals surface area contributed by atoms with Crippen LogP contribution in [0.4, 0.5) is 0 Å². The molecule has 16 heavy (non-hydrogen) atoms. The molecule has 6 nitrogen and oxygen atoms in total. The summed E-state index contributed by atoms with van der Waals surface area (Å²) >= 11 is 0. The molecule has 0 fully saturated rings. The predicted octanol–water partition coefficient (Wildman–Crippen LogP) is 0.467. The summed E-state index contributed by atoms with van der Waals surface area (Å²) in [6, 6.07) is -1.38. The van der Waals surface area contributed by atoms with E-state index in [1.165, 1.54) is 0 Å². The van der Waals surface area contributed by atoms with E-state index in [1.54, 1.807) is 20.8 Å². The van der Waals surface area contributed by atoms with Gasteiger partial charge in [0.2, 0.25) is 5.91 Å². The largest absolute Gasteiger partial charge is 0.481 e. The molecule has 92 valence electrons. The van der Waals surface area contributed by atoms with Crippen molar-refractivity contribution in [3.63, 3.8) is 0 Å². The summed E-state index contributed by atoms with van der Waals surface area (Å²) in [5.41, 5.74) is -0.702. The van der Waals surface area contributed by atoms with Crippen LogP contribution in [0.25, 0.3) is 0 Å². The number of carbonyl (C=O) groups is 3. The molecule has 0 spiro atoms. The number of carboxylic acids is 2. The maximum atomic E-state index is 11.6. The average Bonchev–Trinajstić information content (AvgIpc) is 2.15. The molecule has 0 saturated carbocycles. The summed E-state index contributed by atoms with van der Waals surface area (Å²) in [4.78, 5) is 32.7. The molecule has 0 aromatic rings. The lowest BCUT2D eigenvalue weighted by atomic mass is 9.89. The molecular weight excluding hydrogens is 214 g/mol. The third-order valence-electron chi connectivity index (χ3n) is 2.48. The van der Waals surface area contributed by atoms with Crippen molar-refractivity contribution < 1.29 is 24.6 Å². The molecule has 0 rings (SSSR count). The second kappa shape index (κ2) is 5.48. The van der Waals surface area contributed by atoms with Crippen molar-refractivity contribution in [3.8, 4) is 0 Å². The van der Waals surface area contributed by atoms with Gasteiger partial charge in [-0.05, 0) is 6.42 Å². The summed E-state index contributed by atoms with van der Waals surface area (Å²) < 4.78 is 0. The van der Waals surface area contributed by atoms with Crippen LogP contribution < -0.4 is 5.32 Å². The first-order valence-corrected chi connectivity index (χ1v) is 4.96. The molecule has 0 aliphatic carbocycles. The number of carbonyl (C=O) groups excluding carboxylic acids is 1. The molecule has 3 N–H and O–H groups in total. The average molecular weight is 231 g/mol. The van der Waals surface area contributed by atoms with Crippen molar-refractivity contribution in [2.24, 2.45) is 5.41 Å². The van der Waals surface area contributed by atoms with Gasteiger partial charge in [0.25, 0.3) is 0 Å². The highest BCUT2D eigenvalue weighted by atomic mass is 16.4. The summed E-state index contributed by atoms with van der Waals surface area (Å²) in [7, 11) is 0. The minimum atomic E-state index is -1.38. The van der Waals surface area contributed by atoms with Gasteiger partial charge in [-0.25, -0.2) is 4.79 Å². The Balaban J connectivity index is 4.58. The Bertz CT molecular complexity index is 298. The van der Waals surface area contributed by atoms with Crippen LogP contribution in [0, 0.1) is 5.41 Å². The minimum absolute atomic E-state index is 0.455. The zero-order valence-corrected chi connectivity index (χ0v) is 9.61. The lowest BCUT2D eigenvalue weighted by Gasteiger charge is -2.23. The first-order chi connectivity index (χ1) is 7.20. The summed E-state index contributed by atoms with van der Waals surface area (Å²) in [6.07, 6.45) is -0.0842. The van der Waals surface area contributed by atoms with Gasteiger partial charge in [-0.15, -0.1) is 0 Å². The van der Waals surface area contributed by atoms with E-state index in [2.05, 4.69) is 5.32 Å². The smallest absolute Gasteiger partial charge is 0.326 e. The molecule has 0 aromatic heterocycles. The fraction of sp³-hybridized carbons (Fsp3) is 0.700. The van der Waals surface area contributed by atoms with Crippen LogP contribution in [0.5, 0.6) is 0 Å². The molecule has 0 aromatic carbocycles. The fourth-order valence-corrected chi connectivity index (χ4v) is 0.889. The molecule has 0 aliphatic heterocycles. The van der Waals surface area contributed by atoms with E-state index in [-0.39, 0.29) is 0 Å². The molecule has 0 radical (unpaired) electrons. The maximum absolute atomic E-state index is 11.6. The van der Waals surface area contributed by atoms with Gasteiger partial charge in [-0.3, -0.25) is 9.59 Å². The Labute approximate surface area is 93.6 Å². The van der Waals surface area contributed by atoms with Crippen molar-refractivity contribution in [2.75, 3.05) is 0 Å². The number of hydrogen-bond donors (Lipinski definition) is 3. The predicted molar refractivity (Wildman–Crippen MR) is 55.9 cm³/mol. The Morgan fingerprint density at radius 3 is 2.06 bits per heavy atom. The lowest BCUT2D eigenvalue weighted by molar-refractivity contribution is -0.148. The van der Waals surface area contributed by atoms with Crippen LogP contribution in [-0.4, -0.2) is 34.1 Å². The lowest BCUT2D eigenvalue weighted by Crippen LogP contribution is -2.47. The van der Waals surface area contributed by atoms with E-state index in [0.29, 0.717) is 6.42 Å². The van der Waals surface area contributed by atoms with Crippen molar-refractivity contribution in [2.45, 2.75) is 39.7 Å². The second-order valence-electron chi connectivity index (χ2n) is 4.20. The SMILES string of the molecule is CCC(C)(C)C(=O)NC(CC(=O)O)C(=O)O. The monoisotopic (exact) mass is 231 g/mol. The minimum Gasteiger partial charge on any atom is -0.481 e. The van der Waals surface area contributed by atoms with Gasteiger partial charge in [0.15, 0.2) is 0 Å². The van der Waals surface area contributed by atoms with Gasteiger partial charge < -0.3 is 15.5 Å². The number of aliphatic carboxylic acids is 2. The van der Waals surface area contributed by atoms with Gasteiger partial charge in [-0.1, -0.05) is 20.8 Å². The first kappa shape index (κ1) is 14.4. The number of rotatable bonds is 6. The van der Waals surface area contributed by atoms with Gasteiger partial charge in [0.1, 0.15) is 6.04 Å². The number of hydrogen-bond acceptors (Lipinski definition) is 3. The van der Waals surface area contributed by atoms with E-state index in [9.17, 15) is 14.4 Å². The molecule has 0 bridgehead atoms. The topological polar surface area (TPSA) is 104 Å². The summed E-state index contributed by atoms with van der Waals surface area (Å²) in [6.45, 7) is 5.14. The zero-order valence-electron chi connectivity index (χ0n) is 9.61. The highest BCUT2D eigenvalue weighted by Gasteiger charge is 2.30. The van der Waals surface area contributed by atoms with Crippen LogP contribution in [0.2, 0.25) is 0 Å². The highest BCUT2D eigenvalue weighted by molar-refractivity contribution is 5.89. The Morgan fingerprint density at radius 2 is 1.75 bits per heavy atom. The van der Waals surface area contributed by atoms with Crippen LogP contribution in [-0.2, 0) is 14.4 Å². The van der Waals surface area contributed by atoms with Gasteiger partial charge in [-0.2, -0.15) is 0 Å². The fourth-order valence-electron chi connectivity index (χ4n) is 0.889. The third-order valence-corrected chi connectivity index (χ3v) is 2.48. The van der Waals surface area contributed by atoms with E-state index >= 15 is 0 Å². The summed E-state index contributed by atoms with van der Waals surface area (Å²) in [5, 5.41) is 19.4. The van der Waals surface area contributed by atoms with Crippen molar-refractivity contribution in [1.82, 2.24) is 5.32 Å². The van der Waals surface area contributed by atoms with Crippen LogP contribution in [0.3, 0.4) is 0 Å². The molecule has 0 saturated heterocycles. The number of carboxylic acid groups (broad SMARTS) is 2. The molecule has 1 amide bonds. The summed E-state index contributed by atoms with van der Waals surface area (Å²) in [5.74, 6) is -3.06.